The third-order valence-electron chi connectivity index (χ3n) is 8.60. The van der Waals surface area contributed by atoms with Crippen LogP contribution in [-0.4, -0.2) is 37.7 Å². The highest BCUT2D eigenvalue weighted by Crippen LogP contribution is 2.59. The number of hydrogen-bond donors (Lipinski definition) is 2. The van der Waals surface area contributed by atoms with Crippen LogP contribution in [-0.2, 0) is 5.54 Å². The van der Waals surface area contributed by atoms with Crippen LogP contribution in [0.1, 0.15) is 68.1 Å². The molecule has 4 aromatic rings. The van der Waals surface area contributed by atoms with E-state index in [2.05, 4.69) is 30.9 Å². The number of pyridine rings is 2. The van der Waals surface area contributed by atoms with Gasteiger partial charge in [-0.15, -0.1) is 5.10 Å². The van der Waals surface area contributed by atoms with Crippen molar-refractivity contribution in [2.45, 2.75) is 64.2 Å². The molecule has 0 aliphatic heterocycles. The molecule has 0 radical (unpaired) electrons. The van der Waals surface area contributed by atoms with Gasteiger partial charge in [-0.05, 0) is 70.6 Å². The summed E-state index contributed by atoms with van der Waals surface area (Å²) in [7, 11) is 0. The van der Waals surface area contributed by atoms with Gasteiger partial charge in [-0.25, -0.2) is 9.67 Å². The molecule has 2 saturated carbocycles. The molecule has 1 atom stereocenters. The number of aryl methyl sites for hydroxylation is 1. The van der Waals surface area contributed by atoms with Crippen LogP contribution in [0.25, 0.3) is 10.9 Å². The molecule has 3 aromatic heterocycles. The number of hydrogen-bond acceptors (Lipinski definition) is 7. The predicted molar refractivity (Wildman–Crippen MR) is 154 cm³/mol. The fraction of sp³-hybridized carbons (Fsp3) is 0.433. The monoisotopic (exact) mass is 612 g/mol. The Morgan fingerprint density at radius 1 is 1.21 bits per heavy atom. The van der Waals surface area contributed by atoms with Gasteiger partial charge in [-0.2, -0.15) is 22.8 Å². The van der Waals surface area contributed by atoms with Crippen molar-refractivity contribution in [3.05, 3.63) is 70.1 Å². The Bertz CT molecular complexity index is 1750. The second-order valence-electron chi connectivity index (χ2n) is 12.1. The summed E-state index contributed by atoms with van der Waals surface area (Å²) in [6.45, 7) is 3.39. The van der Waals surface area contributed by atoms with E-state index in [1.807, 2.05) is 16.9 Å². The summed E-state index contributed by atoms with van der Waals surface area (Å²) in [6, 6.07) is 7.62. The van der Waals surface area contributed by atoms with Crippen LogP contribution in [0.4, 0.5) is 28.9 Å². The van der Waals surface area contributed by atoms with E-state index in [0.717, 1.165) is 26.7 Å². The molecule has 224 valence electrons. The lowest BCUT2D eigenvalue weighted by atomic mass is 9.92. The van der Waals surface area contributed by atoms with Gasteiger partial charge in [0.1, 0.15) is 11.8 Å². The number of anilines is 2. The molecule has 8 nitrogen and oxygen atoms in total. The van der Waals surface area contributed by atoms with Gasteiger partial charge in [0.15, 0.2) is 0 Å². The minimum atomic E-state index is -4.47. The molecule has 0 spiro atoms. The highest BCUT2D eigenvalue weighted by molar-refractivity contribution is 6.35. The lowest BCUT2D eigenvalue weighted by molar-refractivity contribution is -0.206. The van der Waals surface area contributed by atoms with Gasteiger partial charge >= 0.3 is 6.18 Å². The Morgan fingerprint density at radius 2 is 1.95 bits per heavy atom. The fourth-order valence-corrected chi connectivity index (χ4v) is 5.82. The van der Waals surface area contributed by atoms with Crippen LogP contribution >= 0.6 is 11.6 Å². The minimum absolute atomic E-state index is 0.00226. The first-order valence-electron chi connectivity index (χ1n) is 14.0. The molecule has 3 heterocycles. The maximum atomic E-state index is 14.0. The highest BCUT2D eigenvalue weighted by Gasteiger charge is 2.56. The van der Waals surface area contributed by atoms with Gasteiger partial charge in [0.25, 0.3) is 0 Å². The zero-order chi connectivity index (χ0) is 30.7. The molecule has 0 saturated heterocycles. The molecule has 2 aliphatic carbocycles. The number of nitrogens with zero attached hydrogens (tertiary/aromatic N) is 6. The van der Waals surface area contributed by atoms with Crippen molar-refractivity contribution in [3.63, 3.8) is 0 Å². The summed E-state index contributed by atoms with van der Waals surface area (Å²) in [5, 5.41) is 25.6. The number of rotatable bonds is 9. The van der Waals surface area contributed by atoms with Crippen molar-refractivity contribution in [2.75, 3.05) is 17.2 Å². The summed E-state index contributed by atoms with van der Waals surface area (Å²) in [5.41, 5.74) is 0.709. The lowest BCUT2D eigenvalue weighted by Crippen LogP contribution is -2.38. The average Bonchev–Trinajstić information content (AvgIpc) is 3.87. The third kappa shape index (κ3) is 5.35. The Balaban J connectivity index is 1.41. The van der Waals surface area contributed by atoms with E-state index >= 15 is 0 Å². The number of halogens is 5. The average molecular weight is 613 g/mol. The number of nitrogens with one attached hydrogen (secondary N) is 2. The first-order valence-corrected chi connectivity index (χ1v) is 14.4. The Kier molecular flexibility index (Phi) is 6.99. The van der Waals surface area contributed by atoms with E-state index < -0.39 is 30.1 Å². The van der Waals surface area contributed by atoms with E-state index in [1.165, 1.54) is 25.1 Å². The number of alkyl halides is 3. The maximum Gasteiger partial charge on any atom is 0.395 e. The molecule has 6 rings (SSSR count). The molecule has 1 unspecified atom stereocenters. The molecule has 2 fully saturated rings. The topological polar surface area (TPSA) is 104 Å². The van der Waals surface area contributed by atoms with Crippen LogP contribution in [0.5, 0.6) is 0 Å². The number of nitriles is 1. The normalized spacial score (nSPS) is 17.0. The summed E-state index contributed by atoms with van der Waals surface area (Å²) in [4.78, 5) is 8.31. The van der Waals surface area contributed by atoms with Crippen molar-refractivity contribution < 1.29 is 17.6 Å². The quantitative estimate of drug-likeness (QED) is 0.151. The Morgan fingerprint density at radius 3 is 2.58 bits per heavy atom. The lowest BCUT2D eigenvalue weighted by Gasteiger charge is -2.28. The van der Waals surface area contributed by atoms with E-state index in [9.17, 15) is 22.8 Å². The van der Waals surface area contributed by atoms with Crippen LogP contribution in [0.3, 0.4) is 0 Å². The minimum Gasteiger partial charge on any atom is -0.382 e. The molecule has 0 bridgehead atoms. The van der Waals surface area contributed by atoms with Crippen molar-refractivity contribution in [2.24, 2.45) is 11.3 Å². The van der Waals surface area contributed by atoms with Gasteiger partial charge in [0.05, 0.1) is 45.0 Å². The largest absolute Gasteiger partial charge is 0.395 e. The van der Waals surface area contributed by atoms with Crippen LogP contribution in [0.15, 0.2) is 36.7 Å². The summed E-state index contributed by atoms with van der Waals surface area (Å²) < 4.78 is 56.8. The number of fused-ring (bicyclic) bond motifs is 1. The maximum absolute atomic E-state index is 14.0. The van der Waals surface area contributed by atoms with Crippen molar-refractivity contribution in [1.82, 2.24) is 25.0 Å². The van der Waals surface area contributed by atoms with Crippen molar-refractivity contribution >= 4 is 33.9 Å². The fourth-order valence-electron chi connectivity index (χ4n) is 5.55. The van der Waals surface area contributed by atoms with Crippen LogP contribution in [0, 0.1) is 35.5 Å². The molecule has 1 aromatic carbocycles. The van der Waals surface area contributed by atoms with Crippen molar-refractivity contribution in [1.29, 1.82) is 5.26 Å². The third-order valence-corrected chi connectivity index (χ3v) is 8.89. The van der Waals surface area contributed by atoms with Gasteiger partial charge in [-0.3, -0.25) is 4.98 Å². The summed E-state index contributed by atoms with van der Waals surface area (Å²) in [5.74, 6) is -0.0206. The van der Waals surface area contributed by atoms with E-state index in [0.29, 0.717) is 39.5 Å². The second-order valence-corrected chi connectivity index (χ2v) is 12.5. The zero-order valence-electron chi connectivity index (χ0n) is 23.7. The Hall–Kier alpha value is -3.98. The predicted octanol–water partition coefficient (Wildman–Crippen LogP) is 7.29. The summed E-state index contributed by atoms with van der Waals surface area (Å²) >= 11 is 6.65. The second kappa shape index (κ2) is 10.3. The molecule has 43 heavy (non-hydrogen) atoms. The van der Waals surface area contributed by atoms with Gasteiger partial charge < -0.3 is 10.6 Å². The number of benzene rings is 1. The molecule has 2 N–H and O–H groups in total. The van der Waals surface area contributed by atoms with Gasteiger partial charge in [0, 0.05) is 35.1 Å². The molecule has 0 amide bonds. The van der Waals surface area contributed by atoms with Gasteiger partial charge in [0.2, 0.25) is 5.95 Å². The van der Waals surface area contributed by atoms with Gasteiger partial charge in [-0.1, -0.05) is 22.9 Å². The highest BCUT2D eigenvalue weighted by atomic mass is 35.5. The van der Waals surface area contributed by atoms with Crippen LogP contribution in [0.2, 0.25) is 5.02 Å². The summed E-state index contributed by atoms with van der Waals surface area (Å²) in [6.07, 6.45) is 3.16. The first-order chi connectivity index (χ1) is 20.3. The molecule has 13 heteroatoms. The standard InChI is InChI=1S/C30H29ClF4N8/c1-16-20(6-7-24(32)39-16)27(23-14-43(42-41-23)29(8-9-29)18-4-5-18)40-19-10-21-25(38-15-28(2,3)30(33,34)35)17(12-36)13-37-26(21)22(31)11-19/h6-7,10-11,13-14,18,27,40H,4-5,8-9,15H2,1-3H3,(H,37,38). The van der Waals surface area contributed by atoms with E-state index in [1.54, 1.807) is 25.1 Å². The van der Waals surface area contributed by atoms with Crippen molar-refractivity contribution in [3.8, 4) is 6.07 Å². The zero-order valence-corrected chi connectivity index (χ0v) is 24.5. The van der Waals surface area contributed by atoms with E-state index in [4.69, 9.17) is 11.6 Å². The number of aromatic nitrogens is 5. The molecule has 2 aliphatic rings. The molecular formula is C30H29ClF4N8. The smallest absolute Gasteiger partial charge is 0.382 e. The first kappa shape index (κ1) is 29.1. The van der Waals surface area contributed by atoms with E-state index in [-0.39, 0.29) is 21.8 Å². The SMILES string of the molecule is Cc1nc(F)ccc1C(Nc1cc(Cl)c2ncc(C#N)c(NCC(C)(C)C(F)(F)F)c2c1)c1cn(C2(C3CC3)CC2)nn1. The molecular weight excluding hydrogens is 584 g/mol. The Labute approximate surface area is 250 Å². The van der Waals surface area contributed by atoms with Crippen LogP contribution < -0.4 is 10.6 Å².